The molecule has 28 heavy (non-hydrogen) atoms. The molecule has 0 saturated heterocycles. The molecule has 0 atom stereocenters. The number of nitro groups is 1. The number of furan rings is 1. The summed E-state index contributed by atoms with van der Waals surface area (Å²) in [6, 6.07) is 12.5. The molecule has 10 heteroatoms. The number of para-hydroxylation sites is 1. The second kappa shape index (κ2) is 7.16. The number of benzene rings is 2. The average molecular weight is 402 g/mol. The molecule has 9 nitrogen and oxygen atoms in total. The Morgan fingerprint density at radius 2 is 1.86 bits per heavy atom. The summed E-state index contributed by atoms with van der Waals surface area (Å²) >= 11 is 0. The summed E-state index contributed by atoms with van der Waals surface area (Å²) in [6.07, 6.45) is 0. The van der Waals surface area contributed by atoms with Crippen LogP contribution in [0, 0.1) is 17.0 Å². The number of nitrogens with zero attached hydrogens (tertiary/aromatic N) is 1. The molecule has 1 heterocycles. The highest BCUT2D eigenvalue weighted by molar-refractivity contribution is 7.92. The van der Waals surface area contributed by atoms with Crippen molar-refractivity contribution in [3.8, 4) is 11.3 Å². The standard InChI is InChI=1S/C18H14N2O7S/c1-11-6-7-12(15-8-9-16(27-15)18(21)22)10-13(11)19-28(25,26)17-5-3-2-4-14(17)20(23)24/h2-10,19H,1H3,(H,21,22). The Bertz CT molecular complexity index is 1180. The van der Waals surface area contributed by atoms with Crippen molar-refractivity contribution < 1.29 is 27.7 Å². The van der Waals surface area contributed by atoms with E-state index in [4.69, 9.17) is 9.52 Å². The Hall–Kier alpha value is -3.66. The summed E-state index contributed by atoms with van der Waals surface area (Å²) in [5.74, 6) is -1.24. The SMILES string of the molecule is Cc1ccc(-c2ccc(C(=O)O)o2)cc1NS(=O)(=O)c1ccccc1[N+](=O)[O-]. The molecule has 0 fully saturated rings. The van der Waals surface area contributed by atoms with Gasteiger partial charge in [-0.3, -0.25) is 14.8 Å². The van der Waals surface area contributed by atoms with E-state index >= 15 is 0 Å². The zero-order valence-corrected chi connectivity index (χ0v) is 15.3. The van der Waals surface area contributed by atoms with E-state index in [0.717, 1.165) is 12.1 Å². The lowest BCUT2D eigenvalue weighted by atomic mass is 10.1. The Morgan fingerprint density at radius 3 is 2.50 bits per heavy atom. The van der Waals surface area contributed by atoms with Gasteiger partial charge in [0.1, 0.15) is 5.76 Å². The average Bonchev–Trinajstić information content (AvgIpc) is 3.14. The van der Waals surface area contributed by atoms with Gasteiger partial charge in [0, 0.05) is 11.6 Å². The zero-order valence-electron chi connectivity index (χ0n) is 14.4. The van der Waals surface area contributed by atoms with Crippen molar-refractivity contribution >= 4 is 27.4 Å². The number of hydrogen-bond donors (Lipinski definition) is 2. The summed E-state index contributed by atoms with van der Waals surface area (Å²) in [5.41, 5.74) is 0.652. The van der Waals surface area contributed by atoms with Crippen LogP contribution in [0.15, 0.2) is 63.9 Å². The third kappa shape index (κ3) is 3.71. The van der Waals surface area contributed by atoms with E-state index in [0.29, 0.717) is 11.1 Å². The number of carbonyl (C=O) groups is 1. The van der Waals surface area contributed by atoms with E-state index in [1.165, 1.54) is 30.3 Å². The number of sulfonamides is 1. The molecule has 144 valence electrons. The number of nitrogens with one attached hydrogen (secondary N) is 1. The molecule has 0 amide bonds. The van der Waals surface area contributed by atoms with Crippen molar-refractivity contribution in [3.05, 3.63) is 76.0 Å². The van der Waals surface area contributed by atoms with Crippen LogP contribution in [0.4, 0.5) is 11.4 Å². The molecule has 2 N–H and O–H groups in total. The number of aryl methyl sites for hydroxylation is 1. The molecule has 0 aliphatic heterocycles. The molecule has 0 spiro atoms. The first-order valence-electron chi connectivity index (χ1n) is 7.89. The van der Waals surface area contributed by atoms with E-state index in [1.807, 2.05) is 0 Å². The van der Waals surface area contributed by atoms with Gasteiger partial charge in [-0.05, 0) is 36.8 Å². The number of rotatable bonds is 6. The van der Waals surface area contributed by atoms with Gasteiger partial charge in [-0.15, -0.1) is 0 Å². The molecule has 3 rings (SSSR count). The first-order valence-corrected chi connectivity index (χ1v) is 9.38. The predicted molar refractivity (Wildman–Crippen MR) is 99.7 cm³/mol. The number of aromatic carboxylic acids is 1. The number of nitro benzene ring substituents is 1. The molecule has 2 aromatic carbocycles. The van der Waals surface area contributed by atoms with Gasteiger partial charge in [0.05, 0.1) is 10.6 Å². The largest absolute Gasteiger partial charge is 0.475 e. The van der Waals surface area contributed by atoms with E-state index < -0.39 is 31.5 Å². The summed E-state index contributed by atoms with van der Waals surface area (Å²) in [7, 11) is -4.24. The van der Waals surface area contributed by atoms with Crippen molar-refractivity contribution in [2.45, 2.75) is 11.8 Å². The van der Waals surface area contributed by atoms with E-state index in [1.54, 1.807) is 19.1 Å². The van der Waals surface area contributed by atoms with Gasteiger partial charge in [-0.2, -0.15) is 0 Å². The van der Waals surface area contributed by atoms with Gasteiger partial charge < -0.3 is 9.52 Å². The maximum Gasteiger partial charge on any atom is 0.371 e. The Balaban J connectivity index is 2.00. The van der Waals surface area contributed by atoms with Gasteiger partial charge in [0.2, 0.25) is 5.76 Å². The topological polar surface area (TPSA) is 140 Å². The smallest absolute Gasteiger partial charge is 0.371 e. The fourth-order valence-electron chi connectivity index (χ4n) is 2.53. The van der Waals surface area contributed by atoms with Crippen LogP contribution in [-0.2, 0) is 10.0 Å². The summed E-state index contributed by atoms with van der Waals surface area (Å²) < 4.78 is 33.0. The zero-order chi connectivity index (χ0) is 20.5. The molecule has 1 aromatic heterocycles. The highest BCUT2D eigenvalue weighted by Crippen LogP contribution is 2.30. The van der Waals surface area contributed by atoms with Crippen LogP contribution < -0.4 is 4.72 Å². The fourth-order valence-corrected chi connectivity index (χ4v) is 3.82. The van der Waals surface area contributed by atoms with Crippen molar-refractivity contribution in [3.63, 3.8) is 0 Å². The Morgan fingerprint density at radius 1 is 1.14 bits per heavy atom. The fraction of sp³-hybridized carbons (Fsp3) is 0.0556. The maximum absolute atomic E-state index is 12.7. The minimum Gasteiger partial charge on any atom is -0.475 e. The first kappa shape index (κ1) is 19.1. The first-order chi connectivity index (χ1) is 13.2. The van der Waals surface area contributed by atoms with Crippen LogP contribution >= 0.6 is 0 Å². The number of carboxylic acid groups (broad SMARTS) is 1. The molecular weight excluding hydrogens is 388 g/mol. The van der Waals surface area contributed by atoms with E-state index in [-0.39, 0.29) is 17.2 Å². The van der Waals surface area contributed by atoms with Gasteiger partial charge in [0.25, 0.3) is 15.7 Å². The molecule has 0 aliphatic carbocycles. The van der Waals surface area contributed by atoms with Crippen LogP contribution in [0.25, 0.3) is 11.3 Å². The molecule has 0 unspecified atom stereocenters. The van der Waals surface area contributed by atoms with Gasteiger partial charge in [-0.1, -0.05) is 24.3 Å². The molecule has 3 aromatic rings. The molecule has 0 aliphatic rings. The second-order valence-corrected chi connectivity index (χ2v) is 7.48. The van der Waals surface area contributed by atoms with E-state index in [9.17, 15) is 23.3 Å². The van der Waals surface area contributed by atoms with Crippen LogP contribution in [0.1, 0.15) is 16.1 Å². The number of anilines is 1. The summed E-state index contributed by atoms with van der Waals surface area (Å²) in [4.78, 5) is 20.9. The van der Waals surface area contributed by atoms with Crippen molar-refractivity contribution in [1.82, 2.24) is 0 Å². The Labute approximate surface area is 159 Å². The third-order valence-electron chi connectivity index (χ3n) is 3.93. The molecular formula is C18H14N2O7S. The lowest BCUT2D eigenvalue weighted by Gasteiger charge is -2.12. The van der Waals surface area contributed by atoms with E-state index in [2.05, 4.69) is 4.72 Å². The van der Waals surface area contributed by atoms with Crippen LogP contribution in [0.3, 0.4) is 0 Å². The quantitative estimate of drug-likeness (QED) is 0.473. The minimum atomic E-state index is -4.24. The summed E-state index contributed by atoms with van der Waals surface area (Å²) in [5, 5.41) is 20.1. The second-order valence-electron chi connectivity index (χ2n) is 5.83. The number of carboxylic acids is 1. The molecule has 0 bridgehead atoms. The molecule has 0 radical (unpaired) electrons. The summed E-state index contributed by atoms with van der Waals surface area (Å²) in [6.45, 7) is 1.66. The van der Waals surface area contributed by atoms with Gasteiger partial charge in [-0.25, -0.2) is 13.2 Å². The van der Waals surface area contributed by atoms with Crippen molar-refractivity contribution in [2.75, 3.05) is 4.72 Å². The van der Waals surface area contributed by atoms with Gasteiger partial charge >= 0.3 is 5.97 Å². The lowest BCUT2D eigenvalue weighted by molar-refractivity contribution is -0.387. The highest BCUT2D eigenvalue weighted by atomic mass is 32.2. The molecule has 0 saturated carbocycles. The normalized spacial score (nSPS) is 11.2. The van der Waals surface area contributed by atoms with Crippen molar-refractivity contribution in [2.24, 2.45) is 0 Å². The number of hydrogen-bond acceptors (Lipinski definition) is 6. The maximum atomic E-state index is 12.7. The van der Waals surface area contributed by atoms with Crippen LogP contribution in [0.5, 0.6) is 0 Å². The van der Waals surface area contributed by atoms with Gasteiger partial charge in [0.15, 0.2) is 4.90 Å². The lowest BCUT2D eigenvalue weighted by Crippen LogP contribution is -2.15. The third-order valence-corrected chi connectivity index (χ3v) is 5.35. The Kier molecular flexibility index (Phi) is 4.89. The van der Waals surface area contributed by atoms with Crippen LogP contribution in [0.2, 0.25) is 0 Å². The van der Waals surface area contributed by atoms with Crippen LogP contribution in [-0.4, -0.2) is 24.4 Å². The highest BCUT2D eigenvalue weighted by Gasteiger charge is 2.25. The predicted octanol–water partition coefficient (Wildman–Crippen LogP) is 3.66. The monoisotopic (exact) mass is 402 g/mol. The van der Waals surface area contributed by atoms with Crippen molar-refractivity contribution in [1.29, 1.82) is 0 Å². The minimum absolute atomic E-state index is 0.184.